The van der Waals surface area contributed by atoms with Crippen molar-refractivity contribution in [2.24, 2.45) is 0 Å². The molecule has 0 saturated heterocycles. The Bertz CT molecular complexity index is 990. The number of carbonyl (C=O) groups is 4. The monoisotopic (exact) mass is 363 g/mol. The molecule has 6 heteroatoms. The molecule has 0 aliphatic heterocycles. The number of nitrogens with one attached hydrogen (secondary N) is 1. The summed E-state index contributed by atoms with van der Waals surface area (Å²) < 4.78 is 4.98. The second kappa shape index (κ2) is 7.37. The summed E-state index contributed by atoms with van der Waals surface area (Å²) in [4.78, 5) is 49.4. The zero-order chi connectivity index (χ0) is 19.6. The van der Waals surface area contributed by atoms with Crippen LogP contribution in [0.2, 0.25) is 0 Å². The maximum absolute atomic E-state index is 12.9. The number of esters is 1. The molecule has 0 fully saturated rings. The maximum atomic E-state index is 12.9. The van der Waals surface area contributed by atoms with Crippen LogP contribution in [0.15, 0.2) is 54.6 Å². The van der Waals surface area contributed by atoms with Gasteiger partial charge in [-0.05, 0) is 19.9 Å². The van der Waals surface area contributed by atoms with Crippen molar-refractivity contribution in [3.8, 4) is 0 Å². The molecule has 1 N–H and O–H groups in total. The van der Waals surface area contributed by atoms with E-state index < -0.39 is 18.0 Å². The molecule has 1 amide bonds. The number of hydrogen-bond acceptors (Lipinski definition) is 5. The van der Waals surface area contributed by atoms with E-state index in [-0.39, 0.29) is 28.4 Å². The summed E-state index contributed by atoms with van der Waals surface area (Å²) in [6, 6.07) is 11.2. The number of carbonyl (C=O) groups excluding carboxylic acids is 4. The molecule has 6 nitrogen and oxygen atoms in total. The van der Waals surface area contributed by atoms with Crippen molar-refractivity contribution in [2.45, 2.75) is 20.0 Å². The summed E-state index contributed by atoms with van der Waals surface area (Å²) in [5, 5.41) is 2.59. The Kier molecular flexibility index (Phi) is 4.98. The highest BCUT2D eigenvalue weighted by molar-refractivity contribution is 6.30. The molecule has 1 atom stereocenters. The highest BCUT2D eigenvalue weighted by Gasteiger charge is 2.32. The Labute approximate surface area is 155 Å². The number of amides is 1. The van der Waals surface area contributed by atoms with E-state index in [9.17, 15) is 19.2 Å². The molecule has 136 valence electrons. The molecule has 0 heterocycles. The van der Waals surface area contributed by atoms with Crippen LogP contribution in [-0.2, 0) is 14.3 Å². The smallest absolute Gasteiger partial charge is 0.331 e. The summed E-state index contributed by atoms with van der Waals surface area (Å²) in [7, 11) is 0. The number of ether oxygens (including phenoxy) is 1. The lowest BCUT2D eigenvalue weighted by molar-refractivity contribution is -0.148. The first-order valence-corrected chi connectivity index (χ1v) is 8.39. The molecule has 1 aliphatic rings. The number of benzene rings is 2. The predicted octanol–water partition coefficient (Wildman–Crippen LogP) is 2.91. The van der Waals surface area contributed by atoms with Crippen molar-refractivity contribution >= 4 is 29.1 Å². The number of hydrogen-bond donors (Lipinski definition) is 1. The van der Waals surface area contributed by atoms with Crippen molar-refractivity contribution in [1.29, 1.82) is 0 Å². The Hall–Kier alpha value is -3.54. The molecule has 0 radical (unpaired) electrons. The minimum Gasteiger partial charge on any atom is -0.449 e. The Morgan fingerprint density at radius 2 is 1.59 bits per heavy atom. The van der Waals surface area contributed by atoms with Crippen LogP contribution < -0.4 is 5.32 Å². The second-order valence-corrected chi connectivity index (χ2v) is 6.00. The van der Waals surface area contributed by atoms with Crippen LogP contribution in [0.4, 0.5) is 5.69 Å². The van der Waals surface area contributed by atoms with E-state index in [2.05, 4.69) is 5.32 Å². The first-order valence-electron chi connectivity index (χ1n) is 8.39. The third-order valence-electron chi connectivity index (χ3n) is 4.18. The zero-order valence-corrected chi connectivity index (χ0v) is 14.8. The summed E-state index contributed by atoms with van der Waals surface area (Å²) in [5.41, 5.74) is 1.22. The Morgan fingerprint density at radius 1 is 0.963 bits per heavy atom. The number of fused-ring (bicyclic) bond motifs is 2. The topological polar surface area (TPSA) is 89.5 Å². The first-order chi connectivity index (χ1) is 12.9. The zero-order valence-electron chi connectivity index (χ0n) is 14.8. The summed E-state index contributed by atoms with van der Waals surface area (Å²) in [6.07, 6.45) is 1.64. The summed E-state index contributed by atoms with van der Waals surface area (Å²) >= 11 is 0. The van der Waals surface area contributed by atoms with Gasteiger partial charge in [0.15, 0.2) is 17.7 Å². The van der Waals surface area contributed by atoms with E-state index in [0.29, 0.717) is 11.1 Å². The minimum absolute atomic E-state index is 0.140. The Morgan fingerprint density at radius 3 is 2.26 bits per heavy atom. The van der Waals surface area contributed by atoms with Gasteiger partial charge in [0, 0.05) is 22.8 Å². The molecule has 1 aliphatic carbocycles. The van der Waals surface area contributed by atoms with Crippen LogP contribution in [-0.4, -0.2) is 29.5 Å². The second-order valence-electron chi connectivity index (χ2n) is 6.00. The van der Waals surface area contributed by atoms with Crippen molar-refractivity contribution < 1.29 is 23.9 Å². The predicted molar refractivity (Wildman–Crippen MR) is 98.7 cm³/mol. The quantitative estimate of drug-likeness (QED) is 0.569. The molecule has 1 unspecified atom stereocenters. The Balaban J connectivity index is 1.91. The highest BCUT2D eigenvalue weighted by Crippen LogP contribution is 2.32. The highest BCUT2D eigenvalue weighted by atomic mass is 16.5. The van der Waals surface area contributed by atoms with E-state index in [4.69, 9.17) is 4.74 Å². The van der Waals surface area contributed by atoms with E-state index in [0.717, 1.165) is 0 Å². The van der Waals surface area contributed by atoms with Gasteiger partial charge in [0.1, 0.15) is 0 Å². The molecule has 27 heavy (non-hydrogen) atoms. The lowest BCUT2D eigenvalue weighted by Crippen LogP contribution is -2.31. The fraction of sp³-hybridized carbons (Fsp3) is 0.143. The SMILES string of the molecule is C/C=C/C(=O)OC(C)C(=O)Nc1cccc2c1C(=O)c1ccccc1C2=O. The fourth-order valence-corrected chi connectivity index (χ4v) is 2.89. The van der Waals surface area contributed by atoms with Crippen molar-refractivity contribution in [3.05, 3.63) is 76.9 Å². The first kappa shape index (κ1) is 18.3. The van der Waals surface area contributed by atoms with E-state index >= 15 is 0 Å². The molecular formula is C21H17NO5. The molecule has 2 aromatic rings. The van der Waals surface area contributed by atoms with Crippen molar-refractivity contribution in [1.82, 2.24) is 0 Å². The van der Waals surface area contributed by atoms with E-state index in [1.807, 2.05) is 0 Å². The van der Waals surface area contributed by atoms with Gasteiger partial charge in [-0.2, -0.15) is 0 Å². The maximum Gasteiger partial charge on any atom is 0.331 e. The van der Waals surface area contributed by atoms with Crippen LogP contribution >= 0.6 is 0 Å². The normalized spacial score (nSPS) is 13.7. The number of rotatable bonds is 4. The molecule has 3 rings (SSSR count). The van der Waals surface area contributed by atoms with Crippen LogP contribution in [0.3, 0.4) is 0 Å². The van der Waals surface area contributed by atoms with Crippen LogP contribution in [0.25, 0.3) is 0 Å². The van der Waals surface area contributed by atoms with Gasteiger partial charge >= 0.3 is 5.97 Å². The van der Waals surface area contributed by atoms with Gasteiger partial charge in [0.05, 0.1) is 11.3 Å². The summed E-state index contributed by atoms with van der Waals surface area (Å²) in [5.74, 6) is -1.85. The standard InChI is InChI=1S/C21H17NO5/c1-3-7-17(23)27-12(2)21(26)22-16-11-6-10-15-18(16)20(25)14-9-5-4-8-13(14)19(15)24/h3-12H,1-2H3,(H,22,26)/b7-3+. The van der Waals surface area contributed by atoms with Gasteiger partial charge in [-0.15, -0.1) is 0 Å². The lowest BCUT2D eigenvalue weighted by Gasteiger charge is -2.21. The molecule has 0 spiro atoms. The van der Waals surface area contributed by atoms with Crippen molar-refractivity contribution in [3.63, 3.8) is 0 Å². The lowest BCUT2D eigenvalue weighted by atomic mass is 9.83. The molecule has 0 saturated carbocycles. The largest absolute Gasteiger partial charge is 0.449 e. The average Bonchev–Trinajstić information content (AvgIpc) is 2.66. The van der Waals surface area contributed by atoms with E-state index in [1.54, 1.807) is 43.3 Å². The molecule has 0 bridgehead atoms. The van der Waals surface area contributed by atoms with Crippen molar-refractivity contribution in [2.75, 3.05) is 5.32 Å². The summed E-state index contributed by atoms with van der Waals surface area (Å²) in [6.45, 7) is 3.08. The minimum atomic E-state index is -1.06. The fourth-order valence-electron chi connectivity index (χ4n) is 2.89. The number of ketones is 2. The van der Waals surface area contributed by atoms with Gasteiger partial charge < -0.3 is 10.1 Å². The van der Waals surface area contributed by atoms with Crippen LogP contribution in [0, 0.1) is 0 Å². The molecular weight excluding hydrogens is 346 g/mol. The third-order valence-corrected chi connectivity index (χ3v) is 4.18. The van der Waals surface area contributed by atoms with Crippen LogP contribution in [0.1, 0.15) is 45.7 Å². The van der Waals surface area contributed by atoms with E-state index in [1.165, 1.54) is 25.1 Å². The third kappa shape index (κ3) is 3.42. The van der Waals surface area contributed by atoms with Crippen LogP contribution in [0.5, 0.6) is 0 Å². The van der Waals surface area contributed by atoms with Gasteiger partial charge in [0.25, 0.3) is 5.91 Å². The number of allylic oxidation sites excluding steroid dienone is 1. The molecule has 2 aromatic carbocycles. The molecule has 0 aromatic heterocycles. The van der Waals surface area contributed by atoms with Gasteiger partial charge in [-0.1, -0.05) is 42.5 Å². The van der Waals surface area contributed by atoms with Gasteiger partial charge in [0.2, 0.25) is 0 Å². The number of anilines is 1. The van der Waals surface area contributed by atoms with Gasteiger partial charge in [-0.25, -0.2) is 4.79 Å². The van der Waals surface area contributed by atoms with Gasteiger partial charge in [-0.3, -0.25) is 14.4 Å². The average molecular weight is 363 g/mol.